The normalized spacial score (nSPS) is 16.0. The van der Waals surface area contributed by atoms with Crippen molar-refractivity contribution in [2.75, 3.05) is 18.4 Å². The molecule has 0 bridgehead atoms. The lowest BCUT2D eigenvalue weighted by Crippen LogP contribution is -2.41. The van der Waals surface area contributed by atoms with E-state index in [2.05, 4.69) is 10.3 Å². The number of amides is 1. The number of nitrogens with one attached hydrogen (secondary N) is 1. The van der Waals surface area contributed by atoms with Crippen LogP contribution < -0.4 is 5.32 Å². The highest BCUT2D eigenvalue weighted by Gasteiger charge is 2.27. The first-order valence-electron chi connectivity index (χ1n) is 6.60. The molecule has 0 fully saturated rings. The van der Waals surface area contributed by atoms with Gasteiger partial charge in [0.2, 0.25) is 11.9 Å². The predicted octanol–water partition coefficient (Wildman–Crippen LogP) is 3.65. The van der Waals surface area contributed by atoms with E-state index in [1.54, 1.807) is 23.1 Å². The van der Waals surface area contributed by atoms with Crippen molar-refractivity contribution in [2.45, 2.75) is 20.3 Å². The van der Waals surface area contributed by atoms with E-state index in [4.69, 9.17) is 23.2 Å². The molecule has 1 aliphatic heterocycles. The predicted molar refractivity (Wildman–Crippen MR) is 83.6 cm³/mol. The van der Waals surface area contributed by atoms with Gasteiger partial charge in [-0.2, -0.15) is 0 Å². The van der Waals surface area contributed by atoms with Crippen LogP contribution in [0.25, 0.3) is 0 Å². The monoisotopic (exact) mass is 313 g/mol. The molecule has 1 amide bonds. The van der Waals surface area contributed by atoms with Crippen LogP contribution in [0.15, 0.2) is 23.2 Å². The lowest BCUT2D eigenvalue weighted by atomic mass is 10.1. The molecule has 108 valence electrons. The van der Waals surface area contributed by atoms with Gasteiger partial charge in [-0.3, -0.25) is 14.7 Å². The number of carbonyl (C=O) groups excluding carboxylic acids is 1. The Balaban J connectivity index is 2.14. The summed E-state index contributed by atoms with van der Waals surface area (Å²) in [7, 11) is 0. The molecule has 0 radical (unpaired) electrons. The maximum Gasteiger partial charge on any atom is 0.232 e. The Hall–Kier alpha value is -1.26. The Morgan fingerprint density at radius 3 is 2.90 bits per heavy atom. The summed E-state index contributed by atoms with van der Waals surface area (Å²) in [6.45, 7) is 5.14. The molecular formula is C14H17Cl2N3O. The second-order valence-electron chi connectivity index (χ2n) is 4.75. The molecule has 6 heteroatoms. The fourth-order valence-electron chi connectivity index (χ4n) is 1.92. The number of halogens is 2. The number of hydrogen-bond donors (Lipinski definition) is 1. The third kappa shape index (κ3) is 3.25. The fourth-order valence-corrected chi connectivity index (χ4v) is 2.38. The number of aliphatic imine (C=N–C) groups is 1. The van der Waals surface area contributed by atoms with Crippen LogP contribution in [0, 0.1) is 5.92 Å². The van der Waals surface area contributed by atoms with Gasteiger partial charge in [0, 0.05) is 17.5 Å². The van der Waals surface area contributed by atoms with E-state index in [1.807, 2.05) is 13.8 Å². The standard InChI is InChI=1S/C14H17Cl2N3O/c1-3-9(2)13(20)19-7-6-17-14(19)18-12-5-4-10(15)8-11(12)16/h4-5,8-9H,3,6-7H2,1-2H3,(H,17,18). The molecule has 1 N–H and O–H groups in total. The zero-order valence-electron chi connectivity index (χ0n) is 11.5. The SMILES string of the molecule is CCC(C)C(=O)N1CCN=C1Nc1ccc(Cl)cc1Cl. The molecule has 0 aromatic heterocycles. The van der Waals surface area contributed by atoms with Crippen molar-refractivity contribution >= 4 is 40.8 Å². The number of rotatable bonds is 3. The summed E-state index contributed by atoms with van der Waals surface area (Å²) in [5.41, 5.74) is 0.693. The van der Waals surface area contributed by atoms with Gasteiger partial charge in [-0.25, -0.2) is 0 Å². The smallest absolute Gasteiger partial charge is 0.232 e. The summed E-state index contributed by atoms with van der Waals surface area (Å²) >= 11 is 12.0. The van der Waals surface area contributed by atoms with E-state index >= 15 is 0 Å². The van der Waals surface area contributed by atoms with E-state index in [1.165, 1.54) is 0 Å². The Morgan fingerprint density at radius 1 is 1.50 bits per heavy atom. The van der Waals surface area contributed by atoms with Crippen LogP contribution in [0.1, 0.15) is 20.3 Å². The van der Waals surface area contributed by atoms with E-state index in [9.17, 15) is 4.79 Å². The summed E-state index contributed by atoms with van der Waals surface area (Å²) < 4.78 is 0. The zero-order chi connectivity index (χ0) is 14.7. The molecule has 1 aromatic rings. The highest BCUT2D eigenvalue weighted by molar-refractivity contribution is 6.36. The maximum atomic E-state index is 12.3. The number of carbonyl (C=O) groups is 1. The van der Waals surface area contributed by atoms with E-state index in [-0.39, 0.29) is 11.8 Å². The van der Waals surface area contributed by atoms with Gasteiger partial charge in [-0.05, 0) is 24.6 Å². The number of anilines is 1. The second-order valence-corrected chi connectivity index (χ2v) is 5.60. The first-order valence-corrected chi connectivity index (χ1v) is 7.36. The zero-order valence-corrected chi connectivity index (χ0v) is 13.0. The van der Waals surface area contributed by atoms with Gasteiger partial charge in [0.25, 0.3) is 0 Å². The summed E-state index contributed by atoms with van der Waals surface area (Å²) in [5, 5.41) is 4.18. The van der Waals surface area contributed by atoms with Crippen LogP contribution >= 0.6 is 23.2 Å². The van der Waals surface area contributed by atoms with Gasteiger partial charge in [0.1, 0.15) is 0 Å². The average molecular weight is 314 g/mol. The molecule has 0 spiro atoms. The van der Waals surface area contributed by atoms with E-state index in [0.29, 0.717) is 34.8 Å². The number of hydrogen-bond acceptors (Lipinski definition) is 3. The van der Waals surface area contributed by atoms with Crippen molar-refractivity contribution in [3.63, 3.8) is 0 Å². The van der Waals surface area contributed by atoms with Gasteiger partial charge < -0.3 is 5.32 Å². The molecule has 2 rings (SSSR count). The molecule has 1 atom stereocenters. The topological polar surface area (TPSA) is 44.7 Å². The minimum atomic E-state index is -0.0132. The molecule has 1 aliphatic rings. The fraction of sp³-hybridized carbons (Fsp3) is 0.429. The van der Waals surface area contributed by atoms with Gasteiger partial charge >= 0.3 is 0 Å². The van der Waals surface area contributed by atoms with Crippen LogP contribution in [-0.4, -0.2) is 29.9 Å². The highest BCUT2D eigenvalue weighted by atomic mass is 35.5. The average Bonchev–Trinajstić information content (AvgIpc) is 2.88. The Labute approximate surface area is 128 Å². The number of benzene rings is 1. The van der Waals surface area contributed by atoms with Crippen molar-refractivity contribution in [2.24, 2.45) is 10.9 Å². The van der Waals surface area contributed by atoms with Crippen molar-refractivity contribution < 1.29 is 4.79 Å². The largest absolute Gasteiger partial charge is 0.325 e. The van der Waals surface area contributed by atoms with Gasteiger partial charge in [-0.15, -0.1) is 0 Å². The van der Waals surface area contributed by atoms with Crippen LogP contribution in [-0.2, 0) is 4.79 Å². The Morgan fingerprint density at radius 2 is 2.25 bits per heavy atom. The molecule has 0 saturated carbocycles. The quantitative estimate of drug-likeness (QED) is 0.925. The van der Waals surface area contributed by atoms with Crippen molar-refractivity contribution in [1.82, 2.24) is 4.90 Å². The molecule has 1 aromatic carbocycles. The van der Waals surface area contributed by atoms with Crippen LogP contribution in [0.2, 0.25) is 10.0 Å². The lowest BCUT2D eigenvalue weighted by molar-refractivity contribution is -0.130. The first kappa shape index (κ1) is 15.1. The number of nitrogens with zero attached hydrogens (tertiary/aromatic N) is 2. The van der Waals surface area contributed by atoms with Crippen LogP contribution in [0.4, 0.5) is 5.69 Å². The second kappa shape index (κ2) is 6.46. The maximum absolute atomic E-state index is 12.3. The van der Waals surface area contributed by atoms with Crippen LogP contribution in [0.5, 0.6) is 0 Å². The van der Waals surface area contributed by atoms with E-state index in [0.717, 1.165) is 6.42 Å². The Bertz CT molecular complexity index is 545. The van der Waals surface area contributed by atoms with Crippen LogP contribution in [0.3, 0.4) is 0 Å². The third-order valence-electron chi connectivity index (χ3n) is 3.32. The van der Waals surface area contributed by atoms with Gasteiger partial charge in [0.15, 0.2) is 0 Å². The molecular weight excluding hydrogens is 297 g/mol. The van der Waals surface area contributed by atoms with Crippen molar-refractivity contribution in [3.05, 3.63) is 28.2 Å². The molecule has 20 heavy (non-hydrogen) atoms. The molecule has 1 unspecified atom stereocenters. The lowest BCUT2D eigenvalue weighted by Gasteiger charge is -2.22. The van der Waals surface area contributed by atoms with Crippen molar-refractivity contribution in [3.8, 4) is 0 Å². The van der Waals surface area contributed by atoms with Gasteiger partial charge in [-0.1, -0.05) is 37.0 Å². The molecule has 1 heterocycles. The summed E-state index contributed by atoms with van der Waals surface area (Å²) in [6.07, 6.45) is 0.810. The minimum absolute atomic E-state index is 0.0132. The third-order valence-corrected chi connectivity index (χ3v) is 3.87. The summed E-state index contributed by atoms with van der Waals surface area (Å²) in [4.78, 5) is 18.3. The van der Waals surface area contributed by atoms with E-state index < -0.39 is 0 Å². The minimum Gasteiger partial charge on any atom is -0.325 e. The molecule has 0 saturated heterocycles. The first-order chi connectivity index (χ1) is 9.52. The van der Waals surface area contributed by atoms with Crippen molar-refractivity contribution in [1.29, 1.82) is 0 Å². The highest BCUT2D eigenvalue weighted by Crippen LogP contribution is 2.26. The Kier molecular flexibility index (Phi) is 4.89. The molecule has 4 nitrogen and oxygen atoms in total. The summed E-state index contributed by atoms with van der Waals surface area (Å²) in [6, 6.07) is 5.17. The molecule has 0 aliphatic carbocycles. The number of guanidine groups is 1. The summed E-state index contributed by atoms with van der Waals surface area (Å²) in [5.74, 6) is 0.627. The van der Waals surface area contributed by atoms with Gasteiger partial charge in [0.05, 0.1) is 17.3 Å².